The molecule has 1 aromatic rings. The molecule has 0 spiro atoms. The highest BCUT2D eigenvalue weighted by atomic mass is 35.5. The normalized spacial score (nSPS) is 21.1. The van der Waals surface area contributed by atoms with Crippen LogP contribution in [0.4, 0.5) is 5.69 Å². The van der Waals surface area contributed by atoms with Crippen molar-refractivity contribution in [2.24, 2.45) is 17.6 Å². The smallest absolute Gasteiger partial charge is 0.227 e. The Morgan fingerprint density at radius 1 is 1.50 bits per heavy atom. The molecule has 0 heterocycles. The van der Waals surface area contributed by atoms with Crippen LogP contribution in [0.5, 0.6) is 0 Å². The second-order valence-corrected chi connectivity index (χ2v) is 5.61. The summed E-state index contributed by atoms with van der Waals surface area (Å²) in [7, 11) is 0. The first-order chi connectivity index (χ1) is 9.61. The number of carbonyl (C=O) groups excluding carboxylic acids is 1. The zero-order valence-electron chi connectivity index (χ0n) is 11.6. The molecule has 1 aliphatic rings. The minimum Gasteiger partial charge on any atom is -0.324 e. The van der Waals surface area contributed by atoms with Gasteiger partial charge in [0.1, 0.15) is 0 Å². The summed E-state index contributed by atoms with van der Waals surface area (Å²) in [5, 5.41) is 3.46. The van der Waals surface area contributed by atoms with Crippen molar-refractivity contribution in [1.82, 2.24) is 0 Å². The van der Waals surface area contributed by atoms with E-state index in [1.807, 2.05) is 6.07 Å². The molecule has 3 nitrogen and oxygen atoms in total. The van der Waals surface area contributed by atoms with Crippen molar-refractivity contribution in [2.75, 3.05) is 11.9 Å². The predicted molar refractivity (Wildman–Crippen MR) is 82.5 cm³/mol. The second-order valence-electron chi connectivity index (χ2n) is 5.20. The molecule has 0 bridgehead atoms. The van der Waals surface area contributed by atoms with Crippen LogP contribution in [-0.4, -0.2) is 12.5 Å². The molecule has 1 aromatic carbocycles. The number of anilines is 1. The van der Waals surface area contributed by atoms with Gasteiger partial charge in [0.05, 0.1) is 17.3 Å². The third kappa shape index (κ3) is 3.53. The molecule has 20 heavy (non-hydrogen) atoms. The maximum Gasteiger partial charge on any atom is 0.227 e. The standard InChI is InChI=1S/C16H19ClN2O/c1-11-4-2-6-13(11)16(20)19-15-10-12(5-3-9-18)7-8-14(15)17/h7-8,10-11,13H,2,4,6,9,18H2,1H3,(H,19,20). The van der Waals surface area contributed by atoms with E-state index in [0.29, 0.717) is 23.2 Å². The van der Waals surface area contributed by atoms with Crippen molar-refractivity contribution in [2.45, 2.75) is 26.2 Å². The maximum atomic E-state index is 12.3. The van der Waals surface area contributed by atoms with E-state index < -0.39 is 0 Å². The minimum atomic E-state index is 0.0563. The van der Waals surface area contributed by atoms with E-state index in [4.69, 9.17) is 17.3 Å². The molecule has 0 aliphatic heterocycles. The number of benzene rings is 1. The lowest BCUT2D eigenvalue weighted by molar-refractivity contribution is -0.120. The van der Waals surface area contributed by atoms with E-state index in [-0.39, 0.29) is 11.8 Å². The number of amides is 1. The summed E-state index contributed by atoms with van der Waals surface area (Å²) in [6.07, 6.45) is 3.19. The maximum absolute atomic E-state index is 12.3. The van der Waals surface area contributed by atoms with E-state index >= 15 is 0 Å². The summed E-state index contributed by atoms with van der Waals surface area (Å²) in [4.78, 5) is 12.3. The fourth-order valence-corrected chi connectivity index (χ4v) is 2.78. The Balaban J connectivity index is 2.13. The van der Waals surface area contributed by atoms with Crippen LogP contribution in [0.2, 0.25) is 5.02 Å². The average Bonchev–Trinajstić information content (AvgIpc) is 2.86. The van der Waals surface area contributed by atoms with Crippen LogP contribution in [0, 0.1) is 23.7 Å². The second kappa shape index (κ2) is 6.78. The van der Waals surface area contributed by atoms with Crippen LogP contribution in [-0.2, 0) is 4.79 Å². The molecule has 1 amide bonds. The predicted octanol–water partition coefficient (Wildman–Crippen LogP) is 3.02. The molecule has 1 fully saturated rings. The Morgan fingerprint density at radius 2 is 2.30 bits per heavy atom. The van der Waals surface area contributed by atoms with Crippen molar-refractivity contribution in [1.29, 1.82) is 0 Å². The van der Waals surface area contributed by atoms with Gasteiger partial charge in [0.25, 0.3) is 0 Å². The van der Waals surface area contributed by atoms with Crippen molar-refractivity contribution in [3.05, 3.63) is 28.8 Å². The van der Waals surface area contributed by atoms with Gasteiger partial charge in [0, 0.05) is 11.5 Å². The number of hydrogen-bond donors (Lipinski definition) is 2. The van der Waals surface area contributed by atoms with E-state index in [0.717, 1.165) is 24.8 Å². The van der Waals surface area contributed by atoms with Crippen LogP contribution in [0.15, 0.2) is 18.2 Å². The fraction of sp³-hybridized carbons (Fsp3) is 0.438. The molecule has 0 radical (unpaired) electrons. The summed E-state index contributed by atoms with van der Waals surface area (Å²) in [5.74, 6) is 6.31. The molecule has 3 N–H and O–H groups in total. The molecule has 2 unspecified atom stereocenters. The first kappa shape index (κ1) is 14.9. The van der Waals surface area contributed by atoms with E-state index in [1.54, 1.807) is 12.1 Å². The molecule has 4 heteroatoms. The van der Waals surface area contributed by atoms with Crippen LogP contribution >= 0.6 is 11.6 Å². The molecule has 0 aromatic heterocycles. The zero-order chi connectivity index (χ0) is 14.5. The molecule has 1 aliphatic carbocycles. The molecule has 106 valence electrons. The quantitative estimate of drug-likeness (QED) is 0.823. The van der Waals surface area contributed by atoms with Crippen LogP contribution < -0.4 is 11.1 Å². The fourth-order valence-electron chi connectivity index (χ4n) is 2.61. The minimum absolute atomic E-state index is 0.0563. The monoisotopic (exact) mass is 290 g/mol. The lowest BCUT2D eigenvalue weighted by Gasteiger charge is -2.16. The van der Waals surface area contributed by atoms with Crippen LogP contribution in [0.3, 0.4) is 0 Å². The van der Waals surface area contributed by atoms with Gasteiger partial charge in [-0.1, -0.05) is 36.8 Å². The van der Waals surface area contributed by atoms with E-state index in [2.05, 4.69) is 24.1 Å². The van der Waals surface area contributed by atoms with Gasteiger partial charge in [-0.25, -0.2) is 0 Å². The van der Waals surface area contributed by atoms with Gasteiger partial charge < -0.3 is 11.1 Å². The number of nitrogens with two attached hydrogens (primary N) is 1. The Hall–Kier alpha value is -1.50. The van der Waals surface area contributed by atoms with Crippen molar-refractivity contribution < 1.29 is 4.79 Å². The Labute approximate surface area is 124 Å². The number of nitrogens with one attached hydrogen (secondary N) is 1. The number of carbonyl (C=O) groups is 1. The lowest BCUT2D eigenvalue weighted by atomic mass is 9.97. The zero-order valence-corrected chi connectivity index (χ0v) is 12.3. The number of rotatable bonds is 2. The average molecular weight is 291 g/mol. The van der Waals surface area contributed by atoms with Gasteiger partial charge in [-0.05, 0) is 37.0 Å². The highest BCUT2D eigenvalue weighted by Crippen LogP contribution is 2.33. The largest absolute Gasteiger partial charge is 0.324 e. The van der Waals surface area contributed by atoms with Gasteiger partial charge in [-0.2, -0.15) is 0 Å². The molecular weight excluding hydrogens is 272 g/mol. The summed E-state index contributed by atoms with van der Waals surface area (Å²) in [6.45, 7) is 2.44. The summed E-state index contributed by atoms with van der Waals surface area (Å²) >= 11 is 6.13. The van der Waals surface area contributed by atoms with E-state index in [9.17, 15) is 4.79 Å². The first-order valence-corrected chi connectivity index (χ1v) is 7.29. The highest BCUT2D eigenvalue weighted by molar-refractivity contribution is 6.33. The van der Waals surface area contributed by atoms with E-state index in [1.165, 1.54) is 0 Å². The summed E-state index contributed by atoms with van der Waals surface area (Å²) in [5.41, 5.74) is 6.78. The van der Waals surface area contributed by atoms with Crippen molar-refractivity contribution in [3.63, 3.8) is 0 Å². The Bertz CT molecular complexity index is 559. The van der Waals surface area contributed by atoms with Gasteiger partial charge >= 0.3 is 0 Å². The summed E-state index contributed by atoms with van der Waals surface area (Å²) in [6, 6.07) is 5.36. The Morgan fingerprint density at radius 3 is 2.95 bits per heavy atom. The SMILES string of the molecule is CC1CCCC1C(=O)Nc1cc(C#CCN)ccc1Cl. The van der Waals surface area contributed by atoms with Crippen LogP contribution in [0.25, 0.3) is 0 Å². The summed E-state index contributed by atoms with van der Waals surface area (Å²) < 4.78 is 0. The number of hydrogen-bond acceptors (Lipinski definition) is 2. The lowest BCUT2D eigenvalue weighted by Crippen LogP contribution is -2.24. The molecular formula is C16H19ClN2O. The third-order valence-electron chi connectivity index (χ3n) is 3.76. The van der Waals surface area contributed by atoms with Crippen molar-refractivity contribution in [3.8, 4) is 11.8 Å². The third-order valence-corrected chi connectivity index (χ3v) is 4.09. The molecule has 1 saturated carbocycles. The molecule has 0 saturated heterocycles. The van der Waals surface area contributed by atoms with Crippen LogP contribution in [0.1, 0.15) is 31.7 Å². The van der Waals surface area contributed by atoms with Gasteiger partial charge in [0.15, 0.2) is 0 Å². The molecule has 2 atom stereocenters. The van der Waals surface area contributed by atoms with Gasteiger partial charge in [0.2, 0.25) is 5.91 Å². The van der Waals surface area contributed by atoms with Gasteiger partial charge in [-0.15, -0.1) is 0 Å². The topological polar surface area (TPSA) is 55.1 Å². The van der Waals surface area contributed by atoms with Gasteiger partial charge in [-0.3, -0.25) is 4.79 Å². The highest BCUT2D eigenvalue weighted by Gasteiger charge is 2.29. The Kier molecular flexibility index (Phi) is 5.05. The number of halogens is 1. The molecule has 2 rings (SSSR count). The first-order valence-electron chi connectivity index (χ1n) is 6.91. The van der Waals surface area contributed by atoms with Crippen molar-refractivity contribution >= 4 is 23.2 Å².